The van der Waals surface area contributed by atoms with Gasteiger partial charge in [0.25, 0.3) is 5.91 Å². The van der Waals surface area contributed by atoms with Crippen LogP contribution in [0, 0.1) is 6.92 Å². The molecule has 0 N–H and O–H groups in total. The largest absolute Gasteiger partial charge is 0.493 e. The van der Waals surface area contributed by atoms with Gasteiger partial charge in [0.05, 0.1) is 24.7 Å². The maximum absolute atomic E-state index is 13.1. The maximum Gasteiger partial charge on any atom is 0.257 e. The fourth-order valence-electron chi connectivity index (χ4n) is 3.42. The Morgan fingerprint density at radius 3 is 2.31 bits per heavy atom. The fraction of sp³-hybridized carbons (Fsp3) is 0.381. The van der Waals surface area contributed by atoms with Gasteiger partial charge in [0.15, 0.2) is 11.5 Å². The Bertz CT molecular complexity index is 973. The van der Waals surface area contributed by atoms with Crippen molar-refractivity contribution in [1.29, 1.82) is 0 Å². The van der Waals surface area contributed by atoms with Gasteiger partial charge < -0.3 is 14.4 Å². The van der Waals surface area contributed by atoms with Gasteiger partial charge in [-0.3, -0.25) is 4.79 Å². The van der Waals surface area contributed by atoms with Crippen LogP contribution in [-0.4, -0.2) is 63.9 Å². The van der Waals surface area contributed by atoms with Crippen LogP contribution in [0.2, 0.25) is 0 Å². The number of para-hydroxylation sites is 1. The molecule has 8 heteroatoms. The molecule has 1 aliphatic rings. The summed E-state index contributed by atoms with van der Waals surface area (Å²) >= 11 is 0. The van der Waals surface area contributed by atoms with Crippen LogP contribution >= 0.6 is 0 Å². The summed E-state index contributed by atoms with van der Waals surface area (Å²) in [5, 5.41) is 0. The smallest absolute Gasteiger partial charge is 0.257 e. The molecule has 0 radical (unpaired) electrons. The first-order valence-corrected chi connectivity index (χ1v) is 10.9. The average Bonchev–Trinajstić information content (AvgIpc) is 2.99. The lowest BCUT2D eigenvalue weighted by molar-refractivity contribution is 0.0760. The van der Waals surface area contributed by atoms with Crippen LogP contribution in [0.4, 0.5) is 0 Å². The fourth-order valence-corrected chi connectivity index (χ4v) is 4.89. The average molecular weight is 419 g/mol. The van der Waals surface area contributed by atoms with Gasteiger partial charge in [-0.25, -0.2) is 8.42 Å². The van der Waals surface area contributed by atoms with Crippen LogP contribution in [-0.2, 0) is 10.0 Å². The van der Waals surface area contributed by atoms with Gasteiger partial charge in [-0.2, -0.15) is 4.31 Å². The van der Waals surface area contributed by atoms with E-state index in [1.54, 1.807) is 47.4 Å². The van der Waals surface area contributed by atoms with Gasteiger partial charge in [-0.15, -0.1) is 0 Å². The third kappa shape index (κ3) is 4.38. The summed E-state index contributed by atoms with van der Waals surface area (Å²) in [6.07, 6.45) is 0.559. The number of benzene rings is 2. The quantitative estimate of drug-likeness (QED) is 0.746. The Labute approximate surface area is 171 Å². The minimum atomic E-state index is -3.59. The number of amides is 1. The molecule has 1 aliphatic heterocycles. The molecule has 0 aromatic heterocycles. The van der Waals surface area contributed by atoms with Crippen molar-refractivity contribution in [3.63, 3.8) is 0 Å². The summed E-state index contributed by atoms with van der Waals surface area (Å²) in [5.41, 5.74) is 1.41. The summed E-state index contributed by atoms with van der Waals surface area (Å²) in [7, 11) is -0.576. The molecule has 0 spiro atoms. The molecule has 156 valence electrons. The van der Waals surface area contributed by atoms with Gasteiger partial charge in [-0.1, -0.05) is 23.8 Å². The number of carbonyl (C=O) groups excluding carboxylic acids is 1. The summed E-state index contributed by atoms with van der Waals surface area (Å²) < 4.78 is 38.0. The van der Waals surface area contributed by atoms with E-state index in [0.717, 1.165) is 5.56 Å². The van der Waals surface area contributed by atoms with E-state index in [4.69, 9.17) is 9.47 Å². The van der Waals surface area contributed by atoms with E-state index in [1.165, 1.54) is 18.5 Å². The molecular weight excluding hydrogens is 392 g/mol. The van der Waals surface area contributed by atoms with E-state index in [2.05, 4.69) is 0 Å². The number of ether oxygens (including phenoxy) is 2. The predicted octanol–water partition coefficient (Wildman–Crippen LogP) is 2.55. The molecule has 0 bridgehead atoms. The van der Waals surface area contributed by atoms with Crippen LogP contribution in [0.15, 0.2) is 47.4 Å². The molecule has 2 aromatic rings. The number of hydrogen-bond acceptors (Lipinski definition) is 5. The number of carbonyl (C=O) groups is 1. The van der Waals surface area contributed by atoms with Crippen LogP contribution < -0.4 is 9.47 Å². The Morgan fingerprint density at radius 2 is 1.66 bits per heavy atom. The number of methoxy groups -OCH3 is 2. The second kappa shape index (κ2) is 8.84. The number of aryl methyl sites for hydroxylation is 1. The number of hydrogen-bond donors (Lipinski definition) is 0. The molecule has 7 nitrogen and oxygen atoms in total. The van der Waals surface area contributed by atoms with Crippen molar-refractivity contribution in [2.75, 3.05) is 40.4 Å². The molecule has 0 saturated carbocycles. The molecule has 29 heavy (non-hydrogen) atoms. The molecular formula is C21H26N2O5S. The zero-order valence-electron chi connectivity index (χ0n) is 16.9. The molecule has 2 aromatic carbocycles. The Kier molecular flexibility index (Phi) is 6.44. The van der Waals surface area contributed by atoms with Crippen LogP contribution in [0.3, 0.4) is 0 Å². The third-order valence-electron chi connectivity index (χ3n) is 5.03. The van der Waals surface area contributed by atoms with E-state index in [1.807, 2.05) is 6.92 Å². The summed E-state index contributed by atoms with van der Waals surface area (Å²) in [4.78, 5) is 15.0. The molecule has 3 rings (SSSR count). The molecule has 1 amide bonds. The Morgan fingerprint density at radius 1 is 0.931 bits per heavy atom. The van der Waals surface area contributed by atoms with Crippen molar-refractivity contribution in [2.24, 2.45) is 0 Å². The minimum absolute atomic E-state index is 0.199. The number of rotatable bonds is 5. The first kappa shape index (κ1) is 21.1. The molecule has 0 atom stereocenters. The number of nitrogens with zero attached hydrogens (tertiary/aromatic N) is 2. The van der Waals surface area contributed by atoms with Crippen LogP contribution in [0.25, 0.3) is 0 Å². The van der Waals surface area contributed by atoms with Gasteiger partial charge >= 0.3 is 0 Å². The van der Waals surface area contributed by atoms with Crippen molar-refractivity contribution < 1.29 is 22.7 Å². The second-order valence-electron chi connectivity index (χ2n) is 6.90. The highest BCUT2D eigenvalue weighted by molar-refractivity contribution is 7.89. The monoisotopic (exact) mass is 418 g/mol. The standard InChI is InChI=1S/C21H26N2O5S/c1-16-8-10-17(11-9-16)29(25,26)23-13-5-12-22(14-15-23)21(24)18-6-4-7-19(27-2)20(18)28-3/h4,6-11H,5,12-15H2,1-3H3. The topological polar surface area (TPSA) is 76.2 Å². The first-order chi connectivity index (χ1) is 13.9. The zero-order chi connectivity index (χ0) is 21.0. The lowest BCUT2D eigenvalue weighted by Crippen LogP contribution is -2.37. The summed E-state index contributed by atoms with van der Waals surface area (Å²) in [5.74, 6) is 0.667. The lowest BCUT2D eigenvalue weighted by Gasteiger charge is -2.23. The van der Waals surface area contributed by atoms with Crippen LogP contribution in [0.5, 0.6) is 11.5 Å². The van der Waals surface area contributed by atoms with Crippen molar-refractivity contribution in [3.05, 3.63) is 53.6 Å². The SMILES string of the molecule is COc1cccc(C(=O)N2CCCN(S(=O)(=O)c3ccc(C)cc3)CC2)c1OC. The highest BCUT2D eigenvalue weighted by Crippen LogP contribution is 2.31. The van der Waals surface area contributed by atoms with Crippen molar-refractivity contribution in [1.82, 2.24) is 9.21 Å². The van der Waals surface area contributed by atoms with Gasteiger partial charge in [0, 0.05) is 26.2 Å². The second-order valence-corrected chi connectivity index (χ2v) is 8.84. The third-order valence-corrected chi connectivity index (χ3v) is 6.95. The van der Waals surface area contributed by atoms with Crippen LogP contribution in [0.1, 0.15) is 22.3 Å². The highest BCUT2D eigenvalue weighted by Gasteiger charge is 2.29. The highest BCUT2D eigenvalue weighted by atomic mass is 32.2. The molecule has 1 saturated heterocycles. The van der Waals surface area contributed by atoms with E-state index in [0.29, 0.717) is 43.1 Å². The van der Waals surface area contributed by atoms with E-state index in [-0.39, 0.29) is 17.3 Å². The van der Waals surface area contributed by atoms with Gasteiger partial charge in [0.2, 0.25) is 10.0 Å². The van der Waals surface area contributed by atoms with Crippen molar-refractivity contribution in [2.45, 2.75) is 18.2 Å². The normalized spacial score (nSPS) is 15.6. The maximum atomic E-state index is 13.1. The lowest BCUT2D eigenvalue weighted by atomic mass is 10.1. The summed E-state index contributed by atoms with van der Waals surface area (Å²) in [6, 6.07) is 12.0. The Balaban J connectivity index is 1.78. The number of sulfonamides is 1. The van der Waals surface area contributed by atoms with Gasteiger partial charge in [-0.05, 0) is 37.6 Å². The predicted molar refractivity (Wildman–Crippen MR) is 110 cm³/mol. The molecule has 1 fully saturated rings. The van der Waals surface area contributed by atoms with E-state index in [9.17, 15) is 13.2 Å². The van der Waals surface area contributed by atoms with E-state index >= 15 is 0 Å². The molecule has 0 unspecified atom stereocenters. The van der Waals surface area contributed by atoms with E-state index < -0.39 is 10.0 Å². The zero-order valence-corrected chi connectivity index (χ0v) is 17.7. The molecule has 0 aliphatic carbocycles. The van der Waals surface area contributed by atoms with Gasteiger partial charge in [0.1, 0.15) is 0 Å². The van der Waals surface area contributed by atoms with Crippen molar-refractivity contribution in [3.8, 4) is 11.5 Å². The Hall–Kier alpha value is -2.58. The van der Waals surface area contributed by atoms with Crippen molar-refractivity contribution >= 4 is 15.9 Å². The molecule has 1 heterocycles. The summed E-state index contributed by atoms with van der Waals surface area (Å²) in [6.45, 7) is 3.31. The minimum Gasteiger partial charge on any atom is -0.493 e. The first-order valence-electron chi connectivity index (χ1n) is 9.45.